The first-order valence-electron chi connectivity index (χ1n) is 6.53. The summed E-state index contributed by atoms with van der Waals surface area (Å²) in [5, 5.41) is 3.07. The Kier molecular flexibility index (Phi) is 10.1. The van der Waals surface area contributed by atoms with Crippen molar-refractivity contribution in [2.24, 2.45) is 5.73 Å². The van der Waals surface area contributed by atoms with E-state index in [-0.39, 0.29) is 37.3 Å². The number of nitrogens with zero attached hydrogens (tertiary/aromatic N) is 1. The standard InChI is InChI=1S/C12H23N3O2S.ClH/c1-2-18-10-5-3-4-6-15(9-10)12(17)8-14-11(16)7-13;/h10H,2-9,13H2,1H3,(H,14,16);1H. The van der Waals surface area contributed by atoms with E-state index in [1.165, 1.54) is 12.8 Å². The molecule has 1 fully saturated rings. The van der Waals surface area contributed by atoms with Crippen molar-refractivity contribution < 1.29 is 9.59 Å². The van der Waals surface area contributed by atoms with E-state index in [0.717, 1.165) is 25.3 Å². The fraction of sp³-hybridized carbons (Fsp3) is 0.833. The molecule has 5 nitrogen and oxygen atoms in total. The number of carbonyl (C=O) groups excluding carboxylic acids is 2. The number of halogens is 1. The van der Waals surface area contributed by atoms with Crippen LogP contribution in [0.1, 0.15) is 26.2 Å². The van der Waals surface area contributed by atoms with Crippen LogP contribution in [-0.4, -0.2) is 53.9 Å². The van der Waals surface area contributed by atoms with Crippen molar-refractivity contribution in [1.82, 2.24) is 10.2 Å². The molecule has 1 rings (SSSR count). The number of hydrogen-bond acceptors (Lipinski definition) is 4. The Morgan fingerprint density at radius 3 is 2.79 bits per heavy atom. The lowest BCUT2D eigenvalue weighted by Crippen LogP contribution is -2.43. The minimum Gasteiger partial charge on any atom is -0.346 e. The fourth-order valence-electron chi connectivity index (χ4n) is 2.06. The molecule has 0 aromatic rings. The van der Waals surface area contributed by atoms with E-state index in [9.17, 15) is 9.59 Å². The van der Waals surface area contributed by atoms with Gasteiger partial charge in [0.25, 0.3) is 0 Å². The topological polar surface area (TPSA) is 75.4 Å². The van der Waals surface area contributed by atoms with Crippen molar-refractivity contribution in [2.75, 3.05) is 31.9 Å². The van der Waals surface area contributed by atoms with Crippen LogP contribution in [0.4, 0.5) is 0 Å². The van der Waals surface area contributed by atoms with E-state index in [2.05, 4.69) is 12.2 Å². The largest absolute Gasteiger partial charge is 0.346 e. The second kappa shape index (κ2) is 10.3. The van der Waals surface area contributed by atoms with Gasteiger partial charge in [0.15, 0.2) is 0 Å². The van der Waals surface area contributed by atoms with Gasteiger partial charge in [-0.1, -0.05) is 13.3 Å². The first-order chi connectivity index (χ1) is 8.67. The molecule has 1 heterocycles. The lowest BCUT2D eigenvalue weighted by molar-refractivity contribution is -0.132. The predicted octanol–water partition coefficient (Wildman–Crippen LogP) is 0.617. The summed E-state index contributed by atoms with van der Waals surface area (Å²) in [4.78, 5) is 24.9. The summed E-state index contributed by atoms with van der Waals surface area (Å²) >= 11 is 1.91. The van der Waals surface area contributed by atoms with E-state index < -0.39 is 0 Å². The van der Waals surface area contributed by atoms with Crippen molar-refractivity contribution in [3.8, 4) is 0 Å². The normalized spacial score (nSPS) is 19.3. The van der Waals surface area contributed by atoms with Gasteiger partial charge in [-0.2, -0.15) is 11.8 Å². The maximum Gasteiger partial charge on any atom is 0.242 e. The number of carbonyl (C=O) groups is 2. The molecule has 1 aliphatic heterocycles. The van der Waals surface area contributed by atoms with E-state index in [0.29, 0.717) is 5.25 Å². The number of likely N-dealkylation sites (tertiary alicyclic amines) is 1. The number of rotatable bonds is 5. The molecule has 1 aliphatic rings. The molecule has 7 heteroatoms. The molecule has 1 atom stereocenters. The highest BCUT2D eigenvalue weighted by Crippen LogP contribution is 2.21. The minimum absolute atomic E-state index is 0. The highest BCUT2D eigenvalue weighted by Gasteiger charge is 2.21. The third-order valence-corrected chi connectivity index (χ3v) is 4.19. The molecular weight excluding hydrogens is 286 g/mol. The summed E-state index contributed by atoms with van der Waals surface area (Å²) in [7, 11) is 0. The maximum atomic E-state index is 12.0. The van der Waals surface area contributed by atoms with Gasteiger partial charge in [-0.05, 0) is 18.6 Å². The monoisotopic (exact) mass is 309 g/mol. The predicted molar refractivity (Wildman–Crippen MR) is 81.7 cm³/mol. The molecule has 0 aromatic carbocycles. The summed E-state index contributed by atoms with van der Waals surface area (Å²) in [6.45, 7) is 3.75. The first-order valence-corrected chi connectivity index (χ1v) is 7.58. The molecule has 19 heavy (non-hydrogen) atoms. The number of amides is 2. The Hall–Kier alpha value is -0.460. The third-order valence-electron chi connectivity index (χ3n) is 3.01. The summed E-state index contributed by atoms with van der Waals surface area (Å²) in [6, 6.07) is 0. The molecule has 1 saturated heterocycles. The molecule has 0 saturated carbocycles. The molecule has 0 bridgehead atoms. The lowest BCUT2D eigenvalue weighted by Gasteiger charge is -2.24. The van der Waals surface area contributed by atoms with Crippen LogP contribution in [0.25, 0.3) is 0 Å². The zero-order valence-electron chi connectivity index (χ0n) is 11.4. The van der Waals surface area contributed by atoms with Gasteiger partial charge in [0.2, 0.25) is 11.8 Å². The molecule has 2 amide bonds. The molecule has 0 aromatic heterocycles. The molecule has 0 radical (unpaired) electrons. The summed E-state index contributed by atoms with van der Waals surface area (Å²) in [6.07, 6.45) is 3.41. The van der Waals surface area contributed by atoms with Crippen molar-refractivity contribution in [2.45, 2.75) is 31.4 Å². The Bertz CT molecular complexity index is 292. The smallest absolute Gasteiger partial charge is 0.242 e. The SMILES string of the molecule is CCSC1CCCCN(C(=O)CNC(=O)CN)C1.Cl. The van der Waals surface area contributed by atoms with Crippen LogP contribution in [0.2, 0.25) is 0 Å². The van der Waals surface area contributed by atoms with Gasteiger partial charge < -0.3 is 16.0 Å². The van der Waals surface area contributed by atoms with Crippen LogP contribution in [0.15, 0.2) is 0 Å². The molecule has 3 N–H and O–H groups in total. The van der Waals surface area contributed by atoms with Gasteiger partial charge >= 0.3 is 0 Å². The number of hydrogen-bond donors (Lipinski definition) is 2. The highest BCUT2D eigenvalue weighted by atomic mass is 35.5. The van der Waals surface area contributed by atoms with Gasteiger partial charge in [-0.25, -0.2) is 0 Å². The Labute approximate surface area is 125 Å². The molecule has 1 unspecified atom stereocenters. The number of nitrogens with two attached hydrogens (primary N) is 1. The van der Waals surface area contributed by atoms with Gasteiger partial charge in [0.05, 0.1) is 13.1 Å². The van der Waals surface area contributed by atoms with Gasteiger partial charge in [0.1, 0.15) is 0 Å². The van der Waals surface area contributed by atoms with Gasteiger partial charge in [-0.15, -0.1) is 12.4 Å². The Balaban J connectivity index is 0.00000324. The van der Waals surface area contributed by atoms with Gasteiger partial charge in [-0.3, -0.25) is 9.59 Å². The van der Waals surface area contributed by atoms with E-state index >= 15 is 0 Å². The second-order valence-electron chi connectivity index (χ2n) is 4.39. The molecule has 112 valence electrons. The second-order valence-corrected chi connectivity index (χ2v) is 5.97. The van der Waals surface area contributed by atoms with Crippen molar-refractivity contribution in [3.63, 3.8) is 0 Å². The van der Waals surface area contributed by atoms with Gasteiger partial charge in [0, 0.05) is 18.3 Å². The van der Waals surface area contributed by atoms with E-state index in [4.69, 9.17) is 5.73 Å². The Morgan fingerprint density at radius 2 is 2.16 bits per heavy atom. The zero-order chi connectivity index (χ0) is 13.4. The van der Waals surface area contributed by atoms with Crippen molar-refractivity contribution >= 4 is 36.0 Å². The summed E-state index contributed by atoms with van der Waals surface area (Å²) in [5.74, 6) is 0.800. The fourth-order valence-corrected chi connectivity index (χ4v) is 3.15. The third kappa shape index (κ3) is 7.03. The quantitative estimate of drug-likeness (QED) is 0.780. The average Bonchev–Trinajstić information content (AvgIpc) is 2.61. The summed E-state index contributed by atoms with van der Waals surface area (Å²) in [5.41, 5.74) is 5.18. The van der Waals surface area contributed by atoms with Crippen LogP contribution in [0.5, 0.6) is 0 Å². The van der Waals surface area contributed by atoms with Crippen LogP contribution < -0.4 is 11.1 Å². The van der Waals surface area contributed by atoms with Crippen LogP contribution in [-0.2, 0) is 9.59 Å². The first kappa shape index (κ1) is 18.5. The highest BCUT2D eigenvalue weighted by molar-refractivity contribution is 7.99. The number of thioether (sulfide) groups is 1. The van der Waals surface area contributed by atoms with E-state index in [1.807, 2.05) is 16.7 Å². The van der Waals surface area contributed by atoms with Crippen molar-refractivity contribution in [3.05, 3.63) is 0 Å². The average molecular weight is 310 g/mol. The Morgan fingerprint density at radius 1 is 1.42 bits per heavy atom. The van der Waals surface area contributed by atoms with E-state index in [1.54, 1.807) is 0 Å². The molecule has 0 aliphatic carbocycles. The summed E-state index contributed by atoms with van der Waals surface area (Å²) < 4.78 is 0. The van der Waals surface area contributed by atoms with Crippen LogP contribution in [0.3, 0.4) is 0 Å². The maximum absolute atomic E-state index is 12.0. The molecular formula is C12H24ClN3O2S. The molecule has 0 spiro atoms. The minimum atomic E-state index is -0.280. The number of nitrogens with one attached hydrogen (secondary N) is 1. The zero-order valence-corrected chi connectivity index (χ0v) is 13.0. The van der Waals surface area contributed by atoms with Crippen LogP contribution >= 0.6 is 24.2 Å². The van der Waals surface area contributed by atoms with Crippen molar-refractivity contribution in [1.29, 1.82) is 0 Å². The van der Waals surface area contributed by atoms with Crippen LogP contribution in [0, 0.1) is 0 Å². The lowest BCUT2D eigenvalue weighted by atomic mass is 10.2.